The molecular weight excluding hydrogens is 322 g/mol. The monoisotopic (exact) mass is 334 g/mol. The van der Waals surface area contributed by atoms with Crippen LogP contribution in [0.25, 0.3) is 22.4 Å². The van der Waals surface area contributed by atoms with Crippen LogP contribution in [0.15, 0.2) is 59.4 Å². The van der Waals surface area contributed by atoms with Crippen molar-refractivity contribution in [1.82, 2.24) is 4.57 Å². The van der Waals surface area contributed by atoms with E-state index < -0.39 is 0 Å². The summed E-state index contributed by atoms with van der Waals surface area (Å²) < 4.78 is 1.67. The van der Waals surface area contributed by atoms with Gasteiger partial charge in [-0.1, -0.05) is 48.0 Å². The SMILES string of the molecule is O=[C]c1cc(-c2ccccc2)c(=O)n2c1-c1cc(Cl)ccc1CC2. The number of hydrogen-bond donors (Lipinski definition) is 0. The Kier molecular flexibility index (Phi) is 3.58. The number of aromatic nitrogens is 1. The summed E-state index contributed by atoms with van der Waals surface area (Å²) in [6.45, 7) is 0.540. The highest BCUT2D eigenvalue weighted by Gasteiger charge is 2.23. The smallest absolute Gasteiger partial charge is 0.258 e. The molecule has 0 spiro atoms. The van der Waals surface area contributed by atoms with Crippen molar-refractivity contribution in [2.24, 2.45) is 0 Å². The third kappa shape index (κ3) is 2.29. The molecule has 24 heavy (non-hydrogen) atoms. The average Bonchev–Trinajstić information content (AvgIpc) is 2.62. The maximum absolute atomic E-state index is 13.0. The number of pyridine rings is 1. The van der Waals surface area contributed by atoms with E-state index >= 15 is 0 Å². The number of halogens is 1. The van der Waals surface area contributed by atoms with Crippen LogP contribution in [0.1, 0.15) is 11.1 Å². The number of nitrogens with zero attached hydrogens (tertiary/aromatic N) is 1. The molecular formula is C20H13ClNO2. The van der Waals surface area contributed by atoms with Crippen LogP contribution in [0.5, 0.6) is 0 Å². The number of aryl methyl sites for hydroxylation is 1. The van der Waals surface area contributed by atoms with Crippen molar-refractivity contribution in [3.05, 3.63) is 81.1 Å². The van der Waals surface area contributed by atoms with Gasteiger partial charge in [-0.3, -0.25) is 9.59 Å². The normalized spacial score (nSPS) is 12.4. The Balaban J connectivity index is 2.04. The molecule has 0 saturated carbocycles. The summed E-state index contributed by atoms with van der Waals surface area (Å²) in [4.78, 5) is 24.6. The summed E-state index contributed by atoms with van der Waals surface area (Å²) in [5, 5.41) is 0.582. The molecule has 2 heterocycles. The standard InChI is InChI=1S/C20H13ClNO2/c21-16-7-6-14-8-9-22-19(17(14)11-16)15(12-23)10-18(20(22)24)13-4-2-1-3-5-13/h1-7,10-11H,8-9H2. The van der Waals surface area contributed by atoms with Crippen LogP contribution in [0.3, 0.4) is 0 Å². The molecule has 0 aliphatic carbocycles. The molecule has 0 fully saturated rings. The Labute approximate surface area is 144 Å². The van der Waals surface area contributed by atoms with E-state index in [1.807, 2.05) is 54.8 Å². The number of fused-ring (bicyclic) bond motifs is 3. The summed E-state index contributed by atoms with van der Waals surface area (Å²) in [5.41, 5.74) is 4.14. The van der Waals surface area contributed by atoms with E-state index in [0.29, 0.717) is 28.4 Å². The van der Waals surface area contributed by atoms with Crippen molar-refractivity contribution in [3.8, 4) is 22.4 Å². The van der Waals surface area contributed by atoms with E-state index in [2.05, 4.69) is 0 Å². The average molecular weight is 335 g/mol. The van der Waals surface area contributed by atoms with Gasteiger partial charge in [0.05, 0.1) is 11.3 Å². The van der Waals surface area contributed by atoms with Crippen molar-refractivity contribution in [2.75, 3.05) is 0 Å². The minimum Gasteiger partial charge on any atom is -0.307 e. The molecule has 1 radical (unpaired) electrons. The molecule has 0 atom stereocenters. The second-order valence-electron chi connectivity index (χ2n) is 5.80. The largest absolute Gasteiger partial charge is 0.307 e. The highest BCUT2D eigenvalue weighted by molar-refractivity contribution is 6.30. The van der Waals surface area contributed by atoms with Crippen molar-refractivity contribution in [2.45, 2.75) is 13.0 Å². The van der Waals surface area contributed by atoms with Gasteiger partial charge in [-0.2, -0.15) is 0 Å². The molecule has 0 bridgehead atoms. The Morgan fingerprint density at radius 3 is 2.54 bits per heavy atom. The minimum atomic E-state index is -0.0965. The Hall–Kier alpha value is -2.65. The van der Waals surface area contributed by atoms with Crippen LogP contribution < -0.4 is 5.56 Å². The molecule has 4 heteroatoms. The van der Waals surface area contributed by atoms with E-state index in [1.165, 1.54) is 0 Å². The Morgan fingerprint density at radius 2 is 1.79 bits per heavy atom. The lowest BCUT2D eigenvalue weighted by molar-refractivity contribution is 0.561. The third-order valence-corrected chi connectivity index (χ3v) is 4.65. The summed E-state index contributed by atoms with van der Waals surface area (Å²) in [7, 11) is 0. The number of rotatable bonds is 2. The fraction of sp³-hybridized carbons (Fsp3) is 0.100. The van der Waals surface area contributed by atoms with Crippen LogP contribution in [0.4, 0.5) is 0 Å². The number of carbonyl (C=O) groups excluding carboxylic acids is 1. The Morgan fingerprint density at radius 1 is 1.00 bits per heavy atom. The first-order valence-electron chi connectivity index (χ1n) is 7.69. The maximum Gasteiger partial charge on any atom is 0.258 e. The first kappa shape index (κ1) is 14.9. The van der Waals surface area contributed by atoms with Gasteiger partial charge >= 0.3 is 0 Å². The highest BCUT2D eigenvalue weighted by Crippen LogP contribution is 2.33. The van der Waals surface area contributed by atoms with Crippen LogP contribution in [0, 0.1) is 0 Å². The van der Waals surface area contributed by atoms with E-state index in [0.717, 1.165) is 23.1 Å². The lowest BCUT2D eigenvalue weighted by atomic mass is 9.93. The second-order valence-corrected chi connectivity index (χ2v) is 6.23. The highest BCUT2D eigenvalue weighted by atomic mass is 35.5. The maximum atomic E-state index is 13.0. The predicted molar refractivity (Wildman–Crippen MR) is 95.1 cm³/mol. The minimum absolute atomic E-state index is 0.0965. The zero-order valence-corrected chi connectivity index (χ0v) is 13.5. The fourth-order valence-corrected chi connectivity index (χ4v) is 3.46. The van der Waals surface area contributed by atoms with Gasteiger partial charge in [-0.05, 0) is 35.7 Å². The first-order valence-corrected chi connectivity index (χ1v) is 8.07. The molecule has 1 aliphatic heterocycles. The summed E-state index contributed by atoms with van der Waals surface area (Å²) >= 11 is 6.12. The fourth-order valence-electron chi connectivity index (χ4n) is 3.29. The van der Waals surface area contributed by atoms with E-state index in [4.69, 9.17) is 11.6 Å². The van der Waals surface area contributed by atoms with Crippen molar-refractivity contribution < 1.29 is 4.79 Å². The molecule has 0 saturated heterocycles. The van der Waals surface area contributed by atoms with Crippen LogP contribution in [0.2, 0.25) is 5.02 Å². The summed E-state index contributed by atoms with van der Waals surface area (Å²) in [6.07, 6.45) is 2.73. The molecule has 0 amide bonds. The first-order chi connectivity index (χ1) is 11.7. The van der Waals surface area contributed by atoms with Gasteiger partial charge in [0.1, 0.15) is 0 Å². The molecule has 3 aromatic rings. The molecule has 1 aliphatic rings. The topological polar surface area (TPSA) is 39.1 Å². The van der Waals surface area contributed by atoms with Crippen molar-refractivity contribution in [3.63, 3.8) is 0 Å². The number of benzene rings is 2. The van der Waals surface area contributed by atoms with Gasteiger partial charge < -0.3 is 4.57 Å². The van der Waals surface area contributed by atoms with Gasteiger partial charge in [0.25, 0.3) is 5.56 Å². The third-order valence-electron chi connectivity index (χ3n) is 4.42. The van der Waals surface area contributed by atoms with Crippen LogP contribution in [-0.2, 0) is 17.8 Å². The molecule has 0 unspecified atom stereocenters. The zero-order valence-electron chi connectivity index (χ0n) is 12.8. The molecule has 1 aromatic heterocycles. The van der Waals surface area contributed by atoms with Gasteiger partial charge in [0.2, 0.25) is 6.29 Å². The zero-order chi connectivity index (χ0) is 16.7. The van der Waals surface area contributed by atoms with E-state index in [1.54, 1.807) is 10.6 Å². The molecule has 3 nitrogen and oxygen atoms in total. The van der Waals surface area contributed by atoms with Crippen molar-refractivity contribution >= 4 is 17.9 Å². The lowest BCUT2D eigenvalue weighted by Gasteiger charge is -2.24. The van der Waals surface area contributed by atoms with Gasteiger partial charge in [0, 0.05) is 22.7 Å². The number of hydrogen-bond acceptors (Lipinski definition) is 2. The molecule has 2 aromatic carbocycles. The van der Waals surface area contributed by atoms with Crippen LogP contribution >= 0.6 is 11.6 Å². The quantitative estimate of drug-likeness (QED) is 0.714. The van der Waals surface area contributed by atoms with Gasteiger partial charge in [0.15, 0.2) is 0 Å². The van der Waals surface area contributed by atoms with Gasteiger partial charge in [-0.25, -0.2) is 0 Å². The van der Waals surface area contributed by atoms with Crippen LogP contribution in [-0.4, -0.2) is 10.9 Å². The van der Waals surface area contributed by atoms with E-state index in [9.17, 15) is 9.59 Å². The predicted octanol–water partition coefficient (Wildman–Crippen LogP) is 3.85. The second kappa shape index (κ2) is 5.77. The van der Waals surface area contributed by atoms with E-state index in [-0.39, 0.29) is 5.56 Å². The molecule has 0 N–H and O–H groups in total. The van der Waals surface area contributed by atoms with Gasteiger partial charge in [-0.15, -0.1) is 0 Å². The molecule has 117 valence electrons. The summed E-state index contributed by atoms with van der Waals surface area (Å²) in [6, 6.07) is 16.6. The Bertz CT molecular complexity index is 1010. The van der Waals surface area contributed by atoms with Crippen molar-refractivity contribution in [1.29, 1.82) is 0 Å². The summed E-state index contributed by atoms with van der Waals surface area (Å²) in [5.74, 6) is 0. The lowest BCUT2D eigenvalue weighted by Crippen LogP contribution is -2.28. The molecule has 4 rings (SSSR count).